The van der Waals surface area contributed by atoms with Crippen molar-refractivity contribution in [2.24, 2.45) is 0 Å². The van der Waals surface area contributed by atoms with Crippen molar-refractivity contribution in [3.8, 4) is 0 Å². The Morgan fingerprint density at radius 3 is 1.22 bits per heavy atom. The average Bonchev–Trinajstić information content (AvgIpc) is 1.95. The summed E-state index contributed by atoms with van der Waals surface area (Å²) in [6.07, 6.45) is -13.8. The number of carbonyl (C=O) groups is 1. The minimum Gasteiger partial charge on any atom is -0.274 e. The number of rotatable bonds is 3. The number of halogens is 11. The molecule has 2 nitrogen and oxygen atoms in total. The Bertz CT molecular complexity index is 318. The third-order valence-corrected chi connectivity index (χ3v) is 1.65. The smallest absolute Gasteiger partial charge is 0.274 e. The van der Waals surface area contributed by atoms with Crippen molar-refractivity contribution in [3.05, 3.63) is 0 Å². The number of hydrogen-bond donors (Lipinski definition) is 0. The number of alkyl halides is 10. The van der Waals surface area contributed by atoms with E-state index in [0.717, 1.165) is 0 Å². The van der Waals surface area contributed by atoms with Crippen molar-refractivity contribution in [3.63, 3.8) is 0 Å². The Balaban J connectivity index is 5.87. The molecule has 0 N–H and O–H groups in total. The second-order valence-corrected chi connectivity index (χ2v) is 3.00. The van der Waals surface area contributed by atoms with Crippen molar-refractivity contribution in [2.75, 3.05) is 0 Å². The summed E-state index contributed by atoms with van der Waals surface area (Å²) >= 11 is 3.87. The van der Waals surface area contributed by atoms with Crippen LogP contribution in [0.4, 0.5) is 43.9 Å². The van der Waals surface area contributed by atoms with Crippen LogP contribution in [0.2, 0.25) is 0 Å². The molecule has 0 aromatic heterocycles. The van der Waals surface area contributed by atoms with Gasteiger partial charge in [-0.25, -0.2) is 0 Å². The van der Waals surface area contributed by atoms with Gasteiger partial charge in [-0.2, -0.15) is 43.9 Å². The van der Waals surface area contributed by atoms with Gasteiger partial charge < -0.3 is 0 Å². The largest absolute Gasteiger partial charge is 0.472 e. The van der Waals surface area contributed by atoms with Crippen LogP contribution in [0.25, 0.3) is 0 Å². The van der Waals surface area contributed by atoms with Crippen molar-refractivity contribution in [1.82, 2.24) is 4.90 Å². The Morgan fingerprint density at radius 1 is 0.778 bits per heavy atom. The first-order valence-corrected chi connectivity index (χ1v) is 3.83. The molecule has 0 aliphatic heterocycles. The van der Waals surface area contributed by atoms with E-state index in [2.05, 4.69) is 11.6 Å². The summed E-state index contributed by atoms with van der Waals surface area (Å²) in [7, 11) is 0. The van der Waals surface area contributed by atoms with Crippen LogP contribution in [0.1, 0.15) is 0 Å². The monoisotopic (exact) mass is 315 g/mol. The maximum Gasteiger partial charge on any atom is 0.472 e. The molecule has 0 spiro atoms. The second-order valence-electron chi connectivity index (χ2n) is 2.66. The molecule has 0 aromatic rings. The summed E-state index contributed by atoms with van der Waals surface area (Å²) in [5, 5.41) is -3.37. The van der Waals surface area contributed by atoms with Gasteiger partial charge in [0.05, 0.1) is 0 Å². The van der Waals surface area contributed by atoms with E-state index in [4.69, 9.17) is 0 Å². The standard InChI is InChI=1S/C5ClF10NO/c6-1(18)2(7,8)3(9,10)17(4(11,12)13)5(14,15)16. The van der Waals surface area contributed by atoms with Crippen LogP contribution in [0.3, 0.4) is 0 Å². The zero-order chi connectivity index (χ0) is 15.2. The predicted molar refractivity (Wildman–Crippen MR) is 34.7 cm³/mol. The zero-order valence-electron chi connectivity index (χ0n) is 7.51. The second kappa shape index (κ2) is 4.40. The minimum atomic E-state index is -6.93. The molecule has 0 aromatic carbocycles. The van der Waals surface area contributed by atoms with Crippen LogP contribution < -0.4 is 0 Å². The van der Waals surface area contributed by atoms with Crippen molar-refractivity contribution in [1.29, 1.82) is 0 Å². The van der Waals surface area contributed by atoms with Crippen LogP contribution >= 0.6 is 11.6 Å². The molecule has 108 valence electrons. The molecule has 0 heterocycles. The lowest BCUT2D eigenvalue weighted by Gasteiger charge is -2.35. The molecule has 0 bridgehead atoms. The number of hydrogen-bond acceptors (Lipinski definition) is 2. The molecule has 18 heavy (non-hydrogen) atoms. The molecule has 0 aliphatic rings. The highest BCUT2D eigenvalue weighted by atomic mass is 35.5. The summed E-state index contributed by atoms with van der Waals surface area (Å²) in [6.45, 7) is 0. The lowest BCUT2D eigenvalue weighted by Crippen LogP contribution is -2.66. The summed E-state index contributed by atoms with van der Waals surface area (Å²) in [5.74, 6) is -6.39. The summed E-state index contributed by atoms with van der Waals surface area (Å²) in [5.41, 5.74) is 0. The third-order valence-electron chi connectivity index (χ3n) is 1.41. The first-order valence-electron chi connectivity index (χ1n) is 3.45. The molecule has 0 saturated carbocycles. The fourth-order valence-electron chi connectivity index (χ4n) is 0.721. The number of nitrogens with zero attached hydrogens (tertiary/aromatic N) is 1. The van der Waals surface area contributed by atoms with Crippen LogP contribution in [0.5, 0.6) is 0 Å². The third kappa shape index (κ3) is 2.96. The Kier molecular flexibility index (Phi) is 4.21. The summed E-state index contributed by atoms with van der Waals surface area (Å²) < 4.78 is 120. The van der Waals surface area contributed by atoms with E-state index in [0.29, 0.717) is 0 Å². The highest BCUT2D eigenvalue weighted by molar-refractivity contribution is 6.65. The minimum absolute atomic E-state index is 3.37. The van der Waals surface area contributed by atoms with Crippen molar-refractivity contribution in [2.45, 2.75) is 24.6 Å². The first-order chi connectivity index (χ1) is 7.56. The maximum absolute atomic E-state index is 12.5. The Hall–Kier alpha value is -0.780. The van der Waals surface area contributed by atoms with E-state index in [-0.39, 0.29) is 0 Å². The van der Waals surface area contributed by atoms with Gasteiger partial charge in [-0.05, 0) is 11.6 Å². The van der Waals surface area contributed by atoms with E-state index in [1.807, 2.05) is 0 Å². The fraction of sp³-hybridized carbons (Fsp3) is 0.800. The van der Waals surface area contributed by atoms with Gasteiger partial charge in [0, 0.05) is 0 Å². The molecule has 0 rings (SSSR count). The quantitative estimate of drug-likeness (QED) is 0.452. The van der Waals surface area contributed by atoms with Gasteiger partial charge in [-0.3, -0.25) is 4.79 Å². The molecule has 0 aliphatic carbocycles. The van der Waals surface area contributed by atoms with E-state index in [1.54, 1.807) is 0 Å². The topological polar surface area (TPSA) is 20.3 Å². The Labute approximate surface area is 96.1 Å². The summed E-state index contributed by atoms with van der Waals surface area (Å²) in [4.78, 5) is 6.14. The normalized spacial score (nSPS) is 15.1. The van der Waals surface area contributed by atoms with Crippen molar-refractivity contribution >= 4 is 16.8 Å². The molecule has 13 heteroatoms. The van der Waals surface area contributed by atoms with Crippen LogP contribution in [-0.2, 0) is 4.79 Å². The summed E-state index contributed by atoms with van der Waals surface area (Å²) in [6, 6.07) is -6.93. The zero-order valence-corrected chi connectivity index (χ0v) is 8.27. The highest BCUT2D eigenvalue weighted by Gasteiger charge is 2.76. The SMILES string of the molecule is O=C(Cl)C(F)(F)C(F)(F)N(C(F)(F)F)C(F)(F)F. The first kappa shape index (κ1) is 17.2. The Morgan fingerprint density at radius 2 is 1.06 bits per heavy atom. The molecule has 0 amide bonds. The molecule has 0 radical (unpaired) electrons. The molecule has 0 atom stereocenters. The molecular weight excluding hydrogens is 315 g/mol. The van der Waals surface area contributed by atoms with Crippen molar-refractivity contribution < 1.29 is 48.7 Å². The van der Waals surface area contributed by atoms with Gasteiger partial charge in [0.2, 0.25) is 0 Å². The van der Waals surface area contributed by atoms with Gasteiger partial charge in [0.25, 0.3) is 5.24 Å². The van der Waals surface area contributed by atoms with Gasteiger partial charge in [-0.1, -0.05) is 4.90 Å². The van der Waals surface area contributed by atoms with E-state index in [1.165, 1.54) is 0 Å². The van der Waals surface area contributed by atoms with E-state index < -0.39 is 34.7 Å². The van der Waals surface area contributed by atoms with Gasteiger partial charge in [0.15, 0.2) is 0 Å². The van der Waals surface area contributed by atoms with Crippen LogP contribution in [0, 0.1) is 0 Å². The van der Waals surface area contributed by atoms with E-state index in [9.17, 15) is 48.7 Å². The van der Waals surface area contributed by atoms with Crippen LogP contribution in [-0.4, -0.2) is 34.7 Å². The average molecular weight is 315 g/mol. The van der Waals surface area contributed by atoms with Gasteiger partial charge in [0.1, 0.15) is 0 Å². The maximum atomic E-state index is 12.5. The molecular formula is C5ClF10NO. The highest BCUT2D eigenvalue weighted by Crippen LogP contribution is 2.48. The van der Waals surface area contributed by atoms with Gasteiger partial charge in [-0.15, -0.1) is 0 Å². The number of carbonyl (C=O) groups excluding carboxylic acids is 1. The molecule has 0 unspecified atom stereocenters. The molecule has 0 saturated heterocycles. The van der Waals surface area contributed by atoms with Gasteiger partial charge >= 0.3 is 24.6 Å². The predicted octanol–water partition coefficient (Wildman–Crippen LogP) is 3.32. The fourth-order valence-corrected chi connectivity index (χ4v) is 0.835. The van der Waals surface area contributed by atoms with Crippen LogP contribution in [0.15, 0.2) is 0 Å². The molecule has 0 fully saturated rings. The lowest BCUT2D eigenvalue weighted by atomic mass is 10.3. The van der Waals surface area contributed by atoms with E-state index >= 15 is 0 Å². The lowest BCUT2D eigenvalue weighted by molar-refractivity contribution is -0.462.